The van der Waals surface area contributed by atoms with Crippen LogP contribution < -0.4 is 10.0 Å². The largest absolute Gasteiger partial charge is 0.383 e. The fourth-order valence-corrected chi connectivity index (χ4v) is 2.46. The van der Waals surface area contributed by atoms with Crippen molar-refractivity contribution in [3.05, 3.63) is 29.8 Å². The van der Waals surface area contributed by atoms with Gasteiger partial charge in [-0.3, -0.25) is 4.79 Å². The monoisotopic (exact) mass is 296 g/mol. The van der Waals surface area contributed by atoms with Crippen LogP contribution in [0, 0.1) is 12.3 Å². The molecule has 2 N–H and O–H groups in total. The van der Waals surface area contributed by atoms with Gasteiger partial charge in [-0.05, 0) is 18.2 Å². The molecule has 0 unspecified atom stereocenters. The number of carbonyl (C=O) groups is 1. The molecule has 0 spiro atoms. The maximum absolute atomic E-state index is 12.0. The fraction of sp³-hybridized carbons (Fsp3) is 0.308. The summed E-state index contributed by atoms with van der Waals surface area (Å²) in [6.07, 6.45) is 5.04. The van der Waals surface area contributed by atoms with Gasteiger partial charge in [0.15, 0.2) is 0 Å². The lowest BCUT2D eigenvalue weighted by molar-refractivity contribution is 0.0958. The van der Waals surface area contributed by atoms with E-state index in [0.29, 0.717) is 0 Å². The molecule has 0 aliphatic rings. The second-order valence-corrected chi connectivity index (χ2v) is 5.57. The van der Waals surface area contributed by atoms with E-state index in [1.807, 2.05) is 0 Å². The van der Waals surface area contributed by atoms with Gasteiger partial charge in [0.2, 0.25) is 10.0 Å². The van der Waals surface area contributed by atoms with Crippen LogP contribution in [-0.4, -0.2) is 41.1 Å². The number of terminal acetylenes is 1. The Morgan fingerprint density at radius 1 is 1.45 bits per heavy atom. The Hall–Kier alpha value is -1.88. The summed E-state index contributed by atoms with van der Waals surface area (Å²) in [4.78, 5) is 11.7. The Labute approximate surface area is 118 Å². The Kier molecular flexibility index (Phi) is 6.18. The summed E-state index contributed by atoms with van der Waals surface area (Å²) in [6, 6.07) is 5.71. The van der Waals surface area contributed by atoms with Crippen LogP contribution in [0.1, 0.15) is 10.4 Å². The zero-order chi connectivity index (χ0) is 15.0. The summed E-state index contributed by atoms with van der Waals surface area (Å²) < 4.78 is 31.1. The molecule has 0 fully saturated rings. The average molecular weight is 296 g/mol. The number of carbonyl (C=O) groups excluding carboxylic acids is 1. The van der Waals surface area contributed by atoms with Gasteiger partial charge in [0.05, 0.1) is 18.0 Å². The third kappa shape index (κ3) is 4.66. The number of methoxy groups -OCH3 is 1. The van der Waals surface area contributed by atoms with Crippen molar-refractivity contribution in [1.29, 1.82) is 0 Å². The first kappa shape index (κ1) is 16.2. The maximum atomic E-state index is 12.0. The first-order chi connectivity index (χ1) is 9.51. The number of benzene rings is 1. The van der Waals surface area contributed by atoms with Gasteiger partial charge in [-0.2, -0.15) is 0 Å². The van der Waals surface area contributed by atoms with E-state index < -0.39 is 15.9 Å². The molecule has 20 heavy (non-hydrogen) atoms. The van der Waals surface area contributed by atoms with Gasteiger partial charge in [-0.25, -0.2) is 13.1 Å². The molecule has 0 radical (unpaired) electrons. The zero-order valence-corrected chi connectivity index (χ0v) is 11.9. The molecule has 1 aromatic carbocycles. The molecule has 6 nitrogen and oxygen atoms in total. The van der Waals surface area contributed by atoms with E-state index in [2.05, 4.69) is 16.0 Å². The van der Waals surface area contributed by atoms with Crippen LogP contribution >= 0.6 is 0 Å². The summed E-state index contributed by atoms with van der Waals surface area (Å²) in [5.74, 6) is 1.85. The summed E-state index contributed by atoms with van der Waals surface area (Å²) >= 11 is 0. The van der Waals surface area contributed by atoms with Crippen molar-refractivity contribution in [3.8, 4) is 12.3 Å². The van der Waals surface area contributed by atoms with Crippen molar-refractivity contribution in [1.82, 2.24) is 10.0 Å². The normalized spacial score (nSPS) is 10.8. The summed E-state index contributed by atoms with van der Waals surface area (Å²) in [5, 5.41) is 2.47. The molecule has 1 amide bonds. The molecule has 0 atom stereocenters. The molecule has 1 aromatic rings. The van der Waals surface area contributed by atoms with Crippen molar-refractivity contribution in [2.75, 3.05) is 26.8 Å². The van der Waals surface area contributed by atoms with Gasteiger partial charge < -0.3 is 10.1 Å². The summed E-state index contributed by atoms with van der Waals surface area (Å²) in [6.45, 7) is 0.510. The predicted molar refractivity (Wildman–Crippen MR) is 74.7 cm³/mol. The highest BCUT2D eigenvalue weighted by molar-refractivity contribution is 7.89. The van der Waals surface area contributed by atoms with E-state index in [4.69, 9.17) is 11.2 Å². The summed E-state index contributed by atoms with van der Waals surface area (Å²) in [7, 11) is -2.18. The van der Waals surface area contributed by atoms with Gasteiger partial charge >= 0.3 is 0 Å². The molecular formula is C13H16N2O4S. The molecule has 0 heterocycles. The average Bonchev–Trinajstić information content (AvgIpc) is 2.45. The standard InChI is InChI=1S/C13H16N2O4S/c1-3-7-14-13(16)11-5-4-6-12(10-11)20(17,18)15-8-9-19-2/h1,4-6,10,15H,7-9H2,2H3,(H,14,16). The molecule has 7 heteroatoms. The third-order valence-corrected chi connectivity index (χ3v) is 3.81. The molecule has 0 aliphatic heterocycles. The molecule has 108 valence electrons. The topological polar surface area (TPSA) is 84.5 Å². The predicted octanol–water partition coefficient (Wildman–Crippen LogP) is -0.0257. The van der Waals surface area contributed by atoms with Crippen LogP contribution in [0.25, 0.3) is 0 Å². The van der Waals surface area contributed by atoms with Crippen molar-refractivity contribution < 1.29 is 17.9 Å². The van der Waals surface area contributed by atoms with Crippen molar-refractivity contribution >= 4 is 15.9 Å². The number of hydrogen-bond donors (Lipinski definition) is 2. The van der Waals surface area contributed by atoms with Gasteiger partial charge in [-0.15, -0.1) is 6.42 Å². The van der Waals surface area contributed by atoms with Crippen LogP contribution in [0.3, 0.4) is 0 Å². The smallest absolute Gasteiger partial charge is 0.252 e. The zero-order valence-electron chi connectivity index (χ0n) is 11.0. The van der Waals surface area contributed by atoms with Crippen LogP contribution in [0.4, 0.5) is 0 Å². The van der Waals surface area contributed by atoms with E-state index in [1.165, 1.54) is 31.4 Å². The van der Waals surface area contributed by atoms with E-state index >= 15 is 0 Å². The molecule has 1 rings (SSSR count). The fourth-order valence-electron chi connectivity index (χ4n) is 1.40. The molecule has 0 aromatic heterocycles. The molecular weight excluding hydrogens is 280 g/mol. The van der Waals surface area contributed by atoms with Crippen LogP contribution in [0.15, 0.2) is 29.2 Å². The minimum absolute atomic E-state index is 0.0157. The number of hydrogen-bond acceptors (Lipinski definition) is 4. The van der Waals surface area contributed by atoms with Crippen LogP contribution in [0.5, 0.6) is 0 Å². The number of rotatable bonds is 7. The van der Waals surface area contributed by atoms with Gasteiger partial charge in [0, 0.05) is 19.2 Å². The van der Waals surface area contributed by atoms with Gasteiger partial charge in [0.25, 0.3) is 5.91 Å². The second-order valence-electron chi connectivity index (χ2n) is 3.81. The van der Waals surface area contributed by atoms with E-state index in [1.54, 1.807) is 0 Å². The van der Waals surface area contributed by atoms with Crippen LogP contribution in [-0.2, 0) is 14.8 Å². The van der Waals surface area contributed by atoms with Gasteiger partial charge in [-0.1, -0.05) is 12.0 Å². The Morgan fingerprint density at radius 2 is 2.20 bits per heavy atom. The van der Waals surface area contributed by atoms with E-state index in [-0.39, 0.29) is 30.2 Å². The van der Waals surface area contributed by atoms with Gasteiger partial charge in [0.1, 0.15) is 0 Å². The quantitative estimate of drug-likeness (QED) is 0.547. The molecule has 0 saturated carbocycles. The number of nitrogens with one attached hydrogen (secondary N) is 2. The van der Waals surface area contributed by atoms with E-state index in [9.17, 15) is 13.2 Å². The lowest BCUT2D eigenvalue weighted by atomic mass is 10.2. The minimum Gasteiger partial charge on any atom is -0.383 e. The number of sulfonamides is 1. The first-order valence-corrected chi connectivity index (χ1v) is 7.30. The molecule has 0 aliphatic carbocycles. The maximum Gasteiger partial charge on any atom is 0.252 e. The first-order valence-electron chi connectivity index (χ1n) is 5.81. The number of ether oxygens (including phenoxy) is 1. The lowest BCUT2D eigenvalue weighted by Gasteiger charge is -2.08. The highest BCUT2D eigenvalue weighted by Gasteiger charge is 2.15. The highest BCUT2D eigenvalue weighted by Crippen LogP contribution is 2.11. The lowest BCUT2D eigenvalue weighted by Crippen LogP contribution is -2.28. The van der Waals surface area contributed by atoms with Crippen molar-refractivity contribution in [2.45, 2.75) is 4.90 Å². The Bertz CT molecular complexity index is 605. The number of amides is 1. The Morgan fingerprint density at radius 3 is 2.85 bits per heavy atom. The minimum atomic E-state index is -3.66. The summed E-state index contributed by atoms with van der Waals surface area (Å²) in [5.41, 5.74) is 0.231. The van der Waals surface area contributed by atoms with Crippen molar-refractivity contribution in [2.24, 2.45) is 0 Å². The van der Waals surface area contributed by atoms with Crippen LogP contribution in [0.2, 0.25) is 0 Å². The second kappa shape index (κ2) is 7.65. The third-order valence-electron chi connectivity index (χ3n) is 2.36. The molecule has 0 bridgehead atoms. The van der Waals surface area contributed by atoms with E-state index in [0.717, 1.165) is 0 Å². The molecule has 0 saturated heterocycles. The Balaban J connectivity index is 2.87. The highest BCUT2D eigenvalue weighted by atomic mass is 32.2. The SMILES string of the molecule is C#CCNC(=O)c1cccc(S(=O)(=O)NCCOC)c1. The van der Waals surface area contributed by atoms with Crippen molar-refractivity contribution in [3.63, 3.8) is 0 Å².